The maximum Gasteiger partial charge on any atom is 0.256 e. The van der Waals surface area contributed by atoms with E-state index in [4.69, 9.17) is 0 Å². The van der Waals surface area contributed by atoms with Gasteiger partial charge in [0.05, 0.1) is 5.56 Å². The molecule has 0 unspecified atom stereocenters. The fraction of sp³-hybridized carbons (Fsp3) is 0.500. The number of nitrogens with zero attached hydrogens (tertiary/aromatic N) is 4. The second-order valence-corrected chi connectivity index (χ2v) is 7.35. The fourth-order valence-electron chi connectivity index (χ4n) is 3.63. The summed E-state index contributed by atoms with van der Waals surface area (Å²) in [5.74, 6) is -0.776. The van der Waals surface area contributed by atoms with E-state index in [-0.39, 0.29) is 17.4 Å². The zero-order valence-electron chi connectivity index (χ0n) is 15.9. The lowest BCUT2D eigenvalue weighted by Crippen LogP contribution is -2.40. The summed E-state index contributed by atoms with van der Waals surface area (Å²) in [4.78, 5) is 21.0. The minimum Gasteiger partial charge on any atom is -0.338 e. The zero-order chi connectivity index (χ0) is 19.4. The van der Waals surface area contributed by atoms with Gasteiger partial charge in [0.1, 0.15) is 17.5 Å². The van der Waals surface area contributed by atoms with Crippen molar-refractivity contribution in [3.05, 3.63) is 53.6 Å². The Hall–Kier alpha value is -2.28. The molecule has 1 aromatic carbocycles. The Kier molecular flexibility index (Phi) is 6.21. The highest BCUT2D eigenvalue weighted by molar-refractivity contribution is 5.94. The van der Waals surface area contributed by atoms with E-state index < -0.39 is 11.6 Å². The Morgan fingerprint density at radius 3 is 2.89 bits per heavy atom. The fourth-order valence-corrected chi connectivity index (χ4v) is 3.63. The van der Waals surface area contributed by atoms with Gasteiger partial charge in [-0.15, -0.1) is 0 Å². The lowest BCUT2D eigenvalue weighted by Gasteiger charge is -2.33. The first-order valence-electron chi connectivity index (χ1n) is 9.36. The van der Waals surface area contributed by atoms with Crippen molar-refractivity contribution in [1.29, 1.82) is 0 Å². The maximum absolute atomic E-state index is 14.0. The number of aromatic nitrogens is 2. The highest BCUT2D eigenvalue weighted by Gasteiger charge is 2.29. The molecule has 0 aliphatic carbocycles. The monoisotopic (exact) mass is 376 g/mol. The van der Waals surface area contributed by atoms with Crippen LogP contribution in [0.3, 0.4) is 0 Å². The predicted octanol–water partition coefficient (Wildman–Crippen LogP) is 3.13. The molecule has 1 saturated heterocycles. The molecule has 0 spiro atoms. The molecule has 1 amide bonds. The van der Waals surface area contributed by atoms with Crippen molar-refractivity contribution in [3.63, 3.8) is 0 Å². The van der Waals surface area contributed by atoms with Crippen molar-refractivity contribution in [1.82, 2.24) is 19.4 Å². The van der Waals surface area contributed by atoms with Crippen LogP contribution in [-0.2, 0) is 6.54 Å². The summed E-state index contributed by atoms with van der Waals surface area (Å²) < 4.78 is 29.3. The van der Waals surface area contributed by atoms with E-state index in [0.717, 1.165) is 50.3 Å². The van der Waals surface area contributed by atoms with E-state index in [9.17, 15) is 13.6 Å². The third-order valence-electron chi connectivity index (χ3n) is 4.99. The van der Waals surface area contributed by atoms with Gasteiger partial charge in [0.2, 0.25) is 0 Å². The molecule has 0 saturated carbocycles. The van der Waals surface area contributed by atoms with Crippen LogP contribution in [0.2, 0.25) is 0 Å². The van der Waals surface area contributed by atoms with Crippen molar-refractivity contribution in [2.24, 2.45) is 0 Å². The Morgan fingerprint density at radius 1 is 1.33 bits per heavy atom. The van der Waals surface area contributed by atoms with Gasteiger partial charge in [-0.1, -0.05) is 0 Å². The van der Waals surface area contributed by atoms with Crippen LogP contribution in [0.15, 0.2) is 30.6 Å². The Labute approximate surface area is 158 Å². The Morgan fingerprint density at radius 2 is 2.15 bits per heavy atom. The molecule has 27 heavy (non-hydrogen) atoms. The van der Waals surface area contributed by atoms with Crippen LogP contribution >= 0.6 is 0 Å². The summed E-state index contributed by atoms with van der Waals surface area (Å²) in [7, 11) is 4.10. The molecule has 0 N–H and O–H groups in total. The van der Waals surface area contributed by atoms with Crippen molar-refractivity contribution in [2.75, 3.05) is 33.7 Å². The first-order valence-corrected chi connectivity index (χ1v) is 9.36. The van der Waals surface area contributed by atoms with Gasteiger partial charge >= 0.3 is 0 Å². The van der Waals surface area contributed by atoms with Gasteiger partial charge in [0, 0.05) is 44.0 Å². The van der Waals surface area contributed by atoms with Gasteiger partial charge in [0.15, 0.2) is 0 Å². The predicted molar refractivity (Wildman–Crippen MR) is 99.6 cm³/mol. The molecule has 5 nitrogen and oxygen atoms in total. The van der Waals surface area contributed by atoms with Crippen LogP contribution in [0.4, 0.5) is 8.78 Å². The molecule has 0 radical (unpaired) electrons. The van der Waals surface area contributed by atoms with Gasteiger partial charge < -0.3 is 14.4 Å². The van der Waals surface area contributed by atoms with Gasteiger partial charge in [-0.3, -0.25) is 4.79 Å². The summed E-state index contributed by atoms with van der Waals surface area (Å²) in [5, 5.41) is 0. The smallest absolute Gasteiger partial charge is 0.256 e. The van der Waals surface area contributed by atoms with Crippen molar-refractivity contribution in [3.8, 4) is 0 Å². The highest BCUT2D eigenvalue weighted by Crippen LogP contribution is 2.27. The molecular weight excluding hydrogens is 350 g/mol. The Balaban J connectivity index is 1.69. The number of benzene rings is 1. The number of carbonyl (C=O) groups excluding carboxylic acids is 1. The average molecular weight is 376 g/mol. The van der Waals surface area contributed by atoms with E-state index in [0.29, 0.717) is 13.1 Å². The van der Waals surface area contributed by atoms with Crippen LogP contribution in [0, 0.1) is 11.6 Å². The minimum absolute atomic E-state index is 0.0774. The van der Waals surface area contributed by atoms with Gasteiger partial charge in [-0.2, -0.15) is 0 Å². The highest BCUT2D eigenvalue weighted by atomic mass is 19.1. The second kappa shape index (κ2) is 8.61. The van der Waals surface area contributed by atoms with Gasteiger partial charge in [-0.05, 0) is 52.0 Å². The normalized spacial score (nSPS) is 17.5. The summed E-state index contributed by atoms with van der Waals surface area (Å²) in [5.41, 5.74) is -0.0774. The lowest BCUT2D eigenvalue weighted by molar-refractivity contribution is 0.0698. The molecule has 1 aliphatic rings. The molecule has 1 atom stereocenters. The number of hydrogen-bond acceptors (Lipinski definition) is 3. The van der Waals surface area contributed by atoms with Gasteiger partial charge in [0.25, 0.3) is 5.91 Å². The number of aryl methyl sites for hydroxylation is 1. The summed E-state index contributed by atoms with van der Waals surface area (Å²) in [6.45, 7) is 2.95. The largest absolute Gasteiger partial charge is 0.338 e. The van der Waals surface area contributed by atoms with Crippen LogP contribution in [0.1, 0.15) is 41.4 Å². The molecular formula is C20H26F2N4O. The van der Waals surface area contributed by atoms with E-state index in [2.05, 4.69) is 14.5 Å². The summed E-state index contributed by atoms with van der Waals surface area (Å²) in [6.07, 6.45) is 6.58. The van der Waals surface area contributed by atoms with E-state index in [1.54, 1.807) is 11.1 Å². The number of imidazole rings is 1. The molecule has 7 heteroatoms. The maximum atomic E-state index is 14.0. The number of hydrogen-bond donors (Lipinski definition) is 0. The molecule has 0 bridgehead atoms. The average Bonchev–Trinajstić information content (AvgIpc) is 3.09. The second-order valence-electron chi connectivity index (χ2n) is 7.35. The third-order valence-corrected chi connectivity index (χ3v) is 4.99. The van der Waals surface area contributed by atoms with E-state index in [1.165, 1.54) is 6.07 Å². The lowest BCUT2D eigenvalue weighted by atomic mass is 9.96. The van der Waals surface area contributed by atoms with Crippen molar-refractivity contribution < 1.29 is 13.6 Å². The van der Waals surface area contributed by atoms with E-state index in [1.807, 2.05) is 20.3 Å². The van der Waals surface area contributed by atoms with Crippen LogP contribution in [0.25, 0.3) is 0 Å². The van der Waals surface area contributed by atoms with Crippen LogP contribution < -0.4 is 0 Å². The molecule has 1 aromatic heterocycles. The number of amides is 1. The third kappa shape index (κ3) is 4.71. The number of likely N-dealkylation sites (tertiary alicyclic amines) is 1. The summed E-state index contributed by atoms with van der Waals surface area (Å²) >= 11 is 0. The first kappa shape index (κ1) is 19.5. The standard InChI is InChI=1S/C20H26F2N4O/c1-24(2)9-4-11-25-12-8-23-19(25)15-5-3-10-26(14-15)20(27)17-7-6-16(21)13-18(17)22/h6-8,12-13,15H,3-5,9-11,14H2,1-2H3/t15-/m1/s1. The van der Waals surface area contributed by atoms with Crippen molar-refractivity contribution >= 4 is 5.91 Å². The number of halogens is 2. The minimum atomic E-state index is -0.813. The SMILES string of the molecule is CN(C)CCCn1ccnc1[C@@H]1CCCN(C(=O)c2ccc(F)cc2F)C1. The molecule has 1 fully saturated rings. The molecule has 2 aromatic rings. The Bertz CT molecular complexity index is 790. The van der Waals surface area contributed by atoms with Crippen LogP contribution in [0.5, 0.6) is 0 Å². The number of piperidine rings is 1. The first-order chi connectivity index (χ1) is 13.0. The molecule has 1 aliphatic heterocycles. The molecule has 3 rings (SSSR count). The number of carbonyl (C=O) groups is 1. The number of rotatable bonds is 6. The zero-order valence-corrected chi connectivity index (χ0v) is 15.9. The van der Waals surface area contributed by atoms with Gasteiger partial charge in [-0.25, -0.2) is 13.8 Å². The topological polar surface area (TPSA) is 41.4 Å². The van der Waals surface area contributed by atoms with E-state index >= 15 is 0 Å². The van der Waals surface area contributed by atoms with Crippen LogP contribution in [-0.4, -0.2) is 59.0 Å². The summed E-state index contributed by atoms with van der Waals surface area (Å²) in [6, 6.07) is 3.10. The molecule has 146 valence electrons. The van der Waals surface area contributed by atoms with Crippen molar-refractivity contribution in [2.45, 2.75) is 31.7 Å². The molecule has 2 heterocycles. The quantitative estimate of drug-likeness (QED) is 0.778.